The Kier molecular flexibility index (Phi) is 3.57. The highest BCUT2D eigenvalue weighted by molar-refractivity contribution is 5.65. The van der Waals surface area contributed by atoms with Gasteiger partial charge in [0.25, 0.3) is 0 Å². The molecule has 0 saturated heterocycles. The molecule has 6 nitrogen and oxygen atoms in total. The summed E-state index contributed by atoms with van der Waals surface area (Å²) in [5.41, 5.74) is 1.47. The normalized spacial score (nSPS) is 9.94. The van der Waals surface area contributed by atoms with Crippen LogP contribution in [0, 0.1) is 0 Å². The number of nitrogens with one attached hydrogen (secondary N) is 1. The lowest BCUT2D eigenvalue weighted by molar-refractivity contribution is 0.365. The fourth-order valence-electron chi connectivity index (χ4n) is 1.50. The van der Waals surface area contributed by atoms with E-state index in [2.05, 4.69) is 20.5 Å². The monoisotopic (exact) mass is 246 g/mol. The molecule has 2 aromatic heterocycles. The number of anilines is 1. The molecule has 0 spiro atoms. The number of ether oxygens (including phenoxy) is 2. The molecule has 0 fully saturated rings. The third-order valence-corrected chi connectivity index (χ3v) is 2.43. The molecule has 0 bridgehead atoms. The Balaban J connectivity index is 2.42. The number of nitrogens with zero attached hydrogens (tertiary/aromatic N) is 3. The molecule has 0 saturated carbocycles. The highest BCUT2D eigenvalue weighted by atomic mass is 16.5. The lowest BCUT2D eigenvalue weighted by Gasteiger charge is -2.08. The van der Waals surface area contributed by atoms with Crippen LogP contribution in [0.3, 0.4) is 0 Å². The summed E-state index contributed by atoms with van der Waals surface area (Å²) in [6, 6.07) is 7.29. The van der Waals surface area contributed by atoms with Gasteiger partial charge in [-0.25, -0.2) is 0 Å². The quantitative estimate of drug-likeness (QED) is 0.883. The molecule has 18 heavy (non-hydrogen) atoms. The van der Waals surface area contributed by atoms with Crippen molar-refractivity contribution in [3.05, 3.63) is 24.3 Å². The van der Waals surface area contributed by atoms with Crippen molar-refractivity contribution in [2.75, 3.05) is 26.6 Å². The first-order valence-electron chi connectivity index (χ1n) is 5.39. The maximum absolute atomic E-state index is 5.22. The van der Waals surface area contributed by atoms with Crippen molar-refractivity contribution in [3.63, 3.8) is 0 Å². The second-order valence-electron chi connectivity index (χ2n) is 3.46. The van der Waals surface area contributed by atoms with Gasteiger partial charge in [0.2, 0.25) is 11.8 Å². The minimum atomic E-state index is 0.459. The first kappa shape index (κ1) is 12.1. The van der Waals surface area contributed by atoms with Crippen LogP contribution in [0.5, 0.6) is 11.8 Å². The van der Waals surface area contributed by atoms with Gasteiger partial charge >= 0.3 is 0 Å². The molecule has 0 aliphatic rings. The van der Waals surface area contributed by atoms with Crippen LogP contribution in [-0.2, 0) is 0 Å². The van der Waals surface area contributed by atoms with Gasteiger partial charge in [-0.05, 0) is 18.2 Å². The predicted molar refractivity (Wildman–Crippen MR) is 67.9 cm³/mol. The van der Waals surface area contributed by atoms with E-state index in [4.69, 9.17) is 9.47 Å². The summed E-state index contributed by atoms with van der Waals surface area (Å²) in [6.45, 7) is 0. The lowest BCUT2D eigenvalue weighted by Crippen LogP contribution is -1.98. The van der Waals surface area contributed by atoms with E-state index >= 15 is 0 Å². The van der Waals surface area contributed by atoms with Gasteiger partial charge in [-0.2, -0.15) is 4.98 Å². The topological polar surface area (TPSA) is 69.2 Å². The first-order chi connectivity index (χ1) is 8.78. The SMILES string of the molecule is CNc1ccc(-c2ccc(OC)nc2OC)nn1. The van der Waals surface area contributed by atoms with Crippen molar-refractivity contribution in [3.8, 4) is 23.0 Å². The van der Waals surface area contributed by atoms with E-state index in [1.807, 2.05) is 18.2 Å². The number of aromatic nitrogens is 3. The number of rotatable bonds is 4. The summed E-state index contributed by atoms with van der Waals surface area (Å²) in [5, 5.41) is 11.0. The van der Waals surface area contributed by atoms with Gasteiger partial charge in [-0.1, -0.05) is 0 Å². The van der Waals surface area contributed by atoms with E-state index < -0.39 is 0 Å². The molecule has 0 amide bonds. The molecule has 0 atom stereocenters. The van der Waals surface area contributed by atoms with Crippen LogP contribution in [-0.4, -0.2) is 36.4 Å². The third-order valence-electron chi connectivity index (χ3n) is 2.43. The minimum Gasteiger partial charge on any atom is -0.481 e. The number of hydrogen-bond donors (Lipinski definition) is 1. The predicted octanol–water partition coefficient (Wildman–Crippen LogP) is 1.60. The molecule has 0 aliphatic carbocycles. The Hall–Kier alpha value is -2.37. The van der Waals surface area contributed by atoms with Crippen molar-refractivity contribution in [1.29, 1.82) is 0 Å². The van der Waals surface area contributed by atoms with Crippen LogP contribution < -0.4 is 14.8 Å². The molecule has 2 rings (SSSR count). The van der Waals surface area contributed by atoms with E-state index in [0.717, 1.165) is 5.56 Å². The molecule has 0 aromatic carbocycles. The van der Waals surface area contributed by atoms with Crippen molar-refractivity contribution >= 4 is 5.82 Å². The van der Waals surface area contributed by atoms with E-state index in [-0.39, 0.29) is 0 Å². The molecular weight excluding hydrogens is 232 g/mol. The molecule has 2 heterocycles. The zero-order chi connectivity index (χ0) is 13.0. The van der Waals surface area contributed by atoms with Gasteiger partial charge < -0.3 is 14.8 Å². The smallest absolute Gasteiger partial charge is 0.226 e. The van der Waals surface area contributed by atoms with E-state index in [1.54, 1.807) is 27.3 Å². The number of pyridine rings is 1. The average Bonchev–Trinajstić information content (AvgIpc) is 2.46. The summed E-state index contributed by atoms with van der Waals surface area (Å²) in [6.07, 6.45) is 0. The van der Waals surface area contributed by atoms with Gasteiger partial charge in [0.1, 0.15) is 5.82 Å². The van der Waals surface area contributed by atoms with Crippen LogP contribution in [0.25, 0.3) is 11.3 Å². The fourth-order valence-corrected chi connectivity index (χ4v) is 1.50. The molecule has 6 heteroatoms. The maximum Gasteiger partial charge on any atom is 0.226 e. The molecule has 0 radical (unpaired) electrons. The Morgan fingerprint density at radius 3 is 2.39 bits per heavy atom. The molecule has 94 valence electrons. The van der Waals surface area contributed by atoms with Gasteiger partial charge in [0, 0.05) is 13.1 Å². The summed E-state index contributed by atoms with van der Waals surface area (Å²) >= 11 is 0. The summed E-state index contributed by atoms with van der Waals surface area (Å²) < 4.78 is 10.3. The summed E-state index contributed by atoms with van der Waals surface area (Å²) in [4.78, 5) is 4.20. The first-order valence-corrected chi connectivity index (χ1v) is 5.39. The van der Waals surface area contributed by atoms with Gasteiger partial charge in [0.05, 0.1) is 25.5 Å². The van der Waals surface area contributed by atoms with E-state index in [0.29, 0.717) is 23.3 Å². The zero-order valence-electron chi connectivity index (χ0n) is 10.5. The Morgan fingerprint density at radius 1 is 1.00 bits per heavy atom. The highest BCUT2D eigenvalue weighted by Gasteiger charge is 2.10. The second kappa shape index (κ2) is 5.31. The average molecular weight is 246 g/mol. The molecule has 0 aliphatic heterocycles. The van der Waals surface area contributed by atoms with Crippen molar-refractivity contribution in [1.82, 2.24) is 15.2 Å². The molecular formula is C12H14N4O2. The van der Waals surface area contributed by atoms with Gasteiger partial charge in [0.15, 0.2) is 0 Å². The van der Waals surface area contributed by atoms with Gasteiger partial charge in [-0.15, -0.1) is 10.2 Å². The summed E-state index contributed by atoms with van der Waals surface area (Å²) in [5.74, 6) is 1.66. The minimum absolute atomic E-state index is 0.459. The van der Waals surface area contributed by atoms with Crippen LogP contribution >= 0.6 is 0 Å². The van der Waals surface area contributed by atoms with E-state index in [9.17, 15) is 0 Å². The van der Waals surface area contributed by atoms with Crippen molar-refractivity contribution in [2.45, 2.75) is 0 Å². The zero-order valence-corrected chi connectivity index (χ0v) is 10.5. The van der Waals surface area contributed by atoms with Crippen LogP contribution in [0.4, 0.5) is 5.82 Å². The van der Waals surface area contributed by atoms with Crippen LogP contribution in [0.15, 0.2) is 24.3 Å². The molecule has 2 aromatic rings. The standard InChI is InChI=1S/C12H14N4O2/c1-13-10-6-5-9(15-16-10)8-4-7-11(17-2)14-12(8)18-3/h4-7H,1-3H3,(H,13,16). The lowest BCUT2D eigenvalue weighted by atomic mass is 10.2. The van der Waals surface area contributed by atoms with Crippen LogP contribution in [0.2, 0.25) is 0 Å². The second-order valence-corrected chi connectivity index (χ2v) is 3.46. The van der Waals surface area contributed by atoms with Crippen molar-refractivity contribution in [2.24, 2.45) is 0 Å². The molecule has 0 unspecified atom stereocenters. The maximum atomic E-state index is 5.22. The van der Waals surface area contributed by atoms with Crippen LogP contribution in [0.1, 0.15) is 0 Å². The van der Waals surface area contributed by atoms with E-state index in [1.165, 1.54) is 0 Å². The van der Waals surface area contributed by atoms with Crippen molar-refractivity contribution < 1.29 is 9.47 Å². The largest absolute Gasteiger partial charge is 0.481 e. The Morgan fingerprint density at radius 2 is 1.83 bits per heavy atom. The molecule has 1 N–H and O–H groups in total. The Bertz CT molecular complexity index is 528. The number of hydrogen-bond acceptors (Lipinski definition) is 6. The third kappa shape index (κ3) is 2.32. The Labute approximate surface area is 105 Å². The fraction of sp³-hybridized carbons (Fsp3) is 0.250. The number of methoxy groups -OCH3 is 2. The summed E-state index contributed by atoms with van der Waals surface area (Å²) in [7, 11) is 4.91. The highest BCUT2D eigenvalue weighted by Crippen LogP contribution is 2.28. The van der Waals surface area contributed by atoms with Gasteiger partial charge in [-0.3, -0.25) is 0 Å².